The zero-order chi connectivity index (χ0) is 23.7. The highest BCUT2D eigenvalue weighted by Gasteiger charge is 2.34. The summed E-state index contributed by atoms with van der Waals surface area (Å²) in [7, 11) is 0. The topological polar surface area (TPSA) is 78.2 Å². The molecule has 0 spiro atoms. The number of hydrogen-bond acceptors (Lipinski definition) is 5. The molecule has 1 saturated heterocycles. The first kappa shape index (κ1) is 22.2. The number of nitrogens with one attached hydrogen (secondary N) is 1. The molecule has 0 saturated carbocycles. The molecule has 3 aromatic rings. The van der Waals surface area contributed by atoms with E-state index in [1.807, 2.05) is 66.4 Å². The predicted octanol–water partition coefficient (Wildman–Crippen LogP) is 5.16. The van der Waals surface area contributed by atoms with E-state index in [2.05, 4.69) is 10.4 Å². The molecule has 5 rings (SSSR count). The normalized spacial score (nSPS) is 17.9. The van der Waals surface area contributed by atoms with E-state index in [-0.39, 0.29) is 24.4 Å². The van der Waals surface area contributed by atoms with Crippen molar-refractivity contribution in [2.24, 2.45) is 5.10 Å². The molecule has 2 aliphatic rings. The summed E-state index contributed by atoms with van der Waals surface area (Å²) in [4.78, 5) is 27.1. The first-order valence-corrected chi connectivity index (χ1v) is 11.7. The molecule has 1 fully saturated rings. The Balaban J connectivity index is 1.31. The molecule has 1 atom stereocenters. The second-order valence-electron chi connectivity index (χ2n) is 8.53. The van der Waals surface area contributed by atoms with Gasteiger partial charge in [0.05, 0.1) is 18.5 Å². The van der Waals surface area contributed by atoms with Crippen molar-refractivity contribution in [1.29, 1.82) is 0 Å². The van der Waals surface area contributed by atoms with Crippen LogP contribution in [-0.4, -0.2) is 35.6 Å². The fourth-order valence-electron chi connectivity index (χ4n) is 4.49. The van der Waals surface area contributed by atoms with E-state index in [0.29, 0.717) is 23.6 Å². The molecule has 0 aliphatic carbocycles. The van der Waals surface area contributed by atoms with Gasteiger partial charge in [0.15, 0.2) is 0 Å². The molecule has 7 nitrogen and oxygen atoms in total. The molecule has 2 amide bonds. The van der Waals surface area contributed by atoms with Crippen molar-refractivity contribution in [3.63, 3.8) is 0 Å². The van der Waals surface area contributed by atoms with Crippen LogP contribution in [0.1, 0.15) is 42.2 Å². The second-order valence-corrected chi connectivity index (χ2v) is 8.97. The maximum atomic E-state index is 13.2. The van der Waals surface area contributed by atoms with Gasteiger partial charge in [0, 0.05) is 35.8 Å². The summed E-state index contributed by atoms with van der Waals surface area (Å²) in [6, 6.07) is 16.6. The Morgan fingerprint density at radius 1 is 1.21 bits per heavy atom. The maximum absolute atomic E-state index is 13.2. The Hall–Kier alpha value is -3.58. The van der Waals surface area contributed by atoms with E-state index in [4.69, 9.17) is 16.0 Å². The molecule has 0 unspecified atom stereocenters. The van der Waals surface area contributed by atoms with Crippen molar-refractivity contribution in [2.45, 2.75) is 32.2 Å². The first-order valence-electron chi connectivity index (χ1n) is 11.3. The van der Waals surface area contributed by atoms with Gasteiger partial charge in [-0.3, -0.25) is 9.59 Å². The van der Waals surface area contributed by atoms with Gasteiger partial charge in [-0.25, -0.2) is 5.01 Å². The molecule has 0 bridgehead atoms. The van der Waals surface area contributed by atoms with Gasteiger partial charge in [-0.2, -0.15) is 5.10 Å². The molecule has 3 heterocycles. The minimum Gasteiger partial charge on any atom is -0.467 e. The third-order valence-corrected chi connectivity index (χ3v) is 6.47. The van der Waals surface area contributed by atoms with Gasteiger partial charge in [0.2, 0.25) is 5.91 Å². The van der Waals surface area contributed by atoms with Crippen LogP contribution in [0.15, 0.2) is 70.4 Å². The number of furan rings is 1. The minimum absolute atomic E-state index is 0.0794. The number of halogens is 1. The number of hydrogen-bond donors (Lipinski definition) is 1. The molecule has 174 valence electrons. The fraction of sp³-hybridized carbons (Fsp3) is 0.269. The van der Waals surface area contributed by atoms with Crippen molar-refractivity contribution in [2.75, 3.05) is 23.3 Å². The van der Waals surface area contributed by atoms with Crippen LogP contribution < -0.4 is 10.2 Å². The van der Waals surface area contributed by atoms with Gasteiger partial charge < -0.3 is 14.6 Å². The van der Waals surface area contributed by atoms with Gasteiger partial charge in [-0.1, -0.05) is 23.7 Å². The summed E-state index contributed by atoms with van der Waals surface area (Å²) < 4.78 is 5.61. The van der Waals surface area contributed by atoms with Crippen molar-refractivity contribution >= 4 is 40.5 Å². The largest absolute Gasteiger partial charge is 0.467 e. The van der Waals surface area contributed by atoms with Gasteiger partial charge in [-0.05, 0) is 66.9 Å². The summed E-state index contributed by atoms with van der Waals surface area (Å²) in [6.45, 7) is 2.81. The second kappa shape index (κ2) is 9.35. The van der Waals surface area contributed by atoms with Crippen LogP contribution in [0.3, 0.4) is 0 Å². The van der Waals surface area contributed by atoms with Crippen LogP contribution in [-0.2, 0) is 9.59 Å². The molecule has 1 N–H and O–H groups in total. The zero-order valence-corrected chi connectivity index (χ0v) is 19.6. The summed E-state index contributed by atoms with van der Waals surface area (Å²) in [5.74, 6) is 0.685. The lowest BCUT2D eigenvalue weighted by Crippen LogP contribution is -2.32. The van der Waals surface area contributed by atoms with Crippen molar-refractivity contribution in [3.05, 3.63) is 82.8 Å². The van der Waals surface area contributed by atoms with Crippen LogP contribution in [0.2, 0.25) is 5.02 Å². The summed E-state index contributed by atoms with van der Waals surface area (Å²) in [5, 5.41) is 10.0. The van der Waals surface area contributed by atoms with Gasteiger partial charge in [0.1, 0.15) is 11.8 Å². The molecule has 0 radical (unpaired) electrons. The van der Waals surface area contributed by atoms with Crippen LogP contribution in [0, 0.1) is 6.92 Å². The number of carbonyl (C=O) groups is 2. The van der Waals surface area contributed by atoms with Crippen LogP contribution in [0.5, 0.6) is 0 Å². The smallest absolute Gasteiger partial charge is 0.262 e. The predicted molar refractivity (Wildman–Crippen MR) is 132 cm³/mol. The van der Waals surface area contributed by atoms with E-state index in [0.717, 1.165) is 41.2 Å². The molecular weight excluding hydrogens is 452 g/mol. The molecule has 1 aromatic heterocycles. The van der Waals surface area contributed by atoms with Crippen LogP contribution >= 0.6 is 11.6 Å². The molecule has 34 heavy (non-hydrogen) atoms. The van der Waals surface area contributed by atoms with Gasteiger partial charge >= 0.3 is 0 Å². The Morgan fingerprint density at radius 2 is 2.03 bits per heavy atom. The standard InChI is InChI=1S/C26H25ClN4O3/c1-17-14-20(10-11-22(17)30-12-2-5-25(30)32)28-16-26(33)31-23(24-4-3-13-34-24)15-21(29-31)18-6-8-19(27)9-7-18/h3-4,6-11,13-14,23,28H,2,5,12,15-16H2,1H3/t23-/m0/s1. The zero-order valence-electron chi connectivity index (χ0n) is 18.8. The quantitative estimate of drug-likeness (QED) is 0.533. The Bertz CT molecular complexity index is 1240. The monoisotopic (exact) mass is 476 g/mol. The lowest BCUT2D eigenvalue weighted by atomic mass is 10.0. The number of aryl methyl sites for hydroxylation is 1. The number of rotatable bonds is 6. The van der Waals surface area contributed by atoms with Crippen molar-refractivity contribution < 1.29 is 14.0 Å². The fourth-order valence-corrected chi connectivity index (χ4v) is 4.62. The lowest BCUT2D eigenvalue weighted by molar-refractivity contribution is -0.131. The number of nitrogens with zero attached hydrogens (tertiary/aromatic N) is 3. The highest BCUT2D eigenvalue weighted by atomic mass is 35.5. The number of hydrazone groups is 1. The van der Waals surface area contributed by atoms with E-state index in [9.17, 15) is 9.59 Å². The Labute approximate surface area is 203 Å². The van der Waals surface area contributed by atoms with E-state index in [1.54, 1.807) is 6.26 Å². The van der Waals surface area contributed by atoms with Crippen LogP contribution in [0.25, 0.3) is 0 Å². The molecule has 2 aliphatic heterocycles. The average molecular weight is 477 g/mol. The minimum atomic E-state index is -0.305. The first-order chi connectivity index (χ1) is 16.5. The number of anilines is 2. The summed E-state index contributed by atoms with van der Waals surface area (Å²) >= 11 is 6.02. The van der Waals surface area contributed by atoms with Crippen molar-refractivity contribution in [1.82, 2.24) is 5.01 Å². The number of amides is 2. The summed E-state index contributed by atoms with van der Waals surface area (Å²) in [5.41, 5.74) is 4.46. The third-order valence-electron chi connectivity index (χ3n) is 6.22. The van der Waals surface area contributed by atoms with Crippen LogP contribution in [0.4, 0.5) is 11.4 Å². The SMILES string of the molecule is Cc1cc(NCC(=O)N2N=C(c3ccc(Cl)cc3)C[C@H]2c2ccco2)ccc1N1CCCC1=O. The number of benzene rings is 2. The number of carbonyl (C=O) groups excluding carboxylic acids is 2. The lowest BCUT2D eigenvalue weighted by Gasteiger charge is -2.21. The Kier molecular flexibility index (Phi) is 6.11. The van der Waals surface area contributed by atoms with E-state index in [1.165, 1.54) is 5.01 Å². The Morgan fingerprint density at radius 3 is 2.71 bits per heavy atom. The third kappa shape index (κ3) is 4.43. The highest BCUT2D eigenvalue weighted by molar-refractivity contribution is 6.30. The van der Waals surface area contributed by atoms with E-state index < -0.39 is 0 Å². The summed E-state index contributed by atoms with van der Waals surface area (Å²) in [6.07, 6.45) is 3.64. The van der Waals surface area contributed by atoms with Crippen molar-refractivity contribution in [3.8, 4) is 0 Å². The average Bonchev–Trinajstić information content (AvgIpc) is 3.59. The maximum Gasteiger partial charge on any atom is 0.262 e. The molecule has 8 heteroatoms. The molecular formula is C26H25ClN4O3. The molecule has 2 aromatic carbocycles. The highest BCUT2D eigenvalue weighted by Crippen LogP contribution is 2.33. The van der Waals surface area contributed by atoms with Gasteiger partial charge in [0.25, 0.3) is 5.91 Å². The van der Waals surface area contributed by atoms with Gasteiger partial charge in [-0.15, -0.1) is 0 Å². The van der Waals surface area contributed by atoms with E-state index >= 15 is 0 Å².